The summed E-state index contributed by atoms with van der Waals surface area (Å²) in [5.74, 6) is -0.885. The van der Waals surface area contributed by atoms with Crippen molar-refractivity contribution in [3.63, 3.8) is 0 Å². The number of benzene rings is 2. The molecule has 36 heavy (non-hydrogen) atoms. The maximum Gasteiger partial charge on any atom is 0.349 e. The zero-order valence-corrected chi connectivity index (χ0v) is 21.6. The van der Waals surface area contributed by atoms with E-state index in [1.807, 2.05) is 27.0 Å². The van der Waals surface area contributed by atoms with Crippen molar-refractivity contribution in [3.05, 3.63) is 73.4 Å². The van der Waals surface area contributed by atoms with Crippen LogP contribution >= 0.6 is 32.9 Å². The van der Waals surface area contributed by atoms with Crippen molar-refractivity contribution in [2.75, 3.05) is 31.1 Å². The van der Waals surface area contributed by atoms with Crippen molar-refractivity contribution in [1.29, 1.82) is 0 Å². The number of fused-ring (bicyclic) bond motifs is 1. The van der Waals surface area contributed by atoms with Crippen molar-refractivity contribution in [2.24, 2.45) is 0 Å². The normalized spacial score (nSPS) is 15.9. The summed E-state index contributed by atoms with van der Waals surface area (Å²) >= 11 is 5.35. The molecule has 6 rings (SSSR count). The van der Waals surface area contributed by atoms with E-state index >= 15 is 4.39 Å². The number of nitrogens with zero attached hydrogens (tertiary/aromatic N) is 2. The number of piperazine rings is 1. The van der Waals surface area contributed by atoms with E-state index < -0.39 is 17.2 Å². The summed E-state index contributed by atoms with van der Waals surface area (Å²) in [6, 6.07) is 10.2. The van der Waals surface area contributed by atoms with Gasteiger partial charge in [-0.15, -0.1) is 0 Å². The van der Waals surface area contributed by atoms with Crippen LogP contribution in [0.15, 0.2) is 52.8 Å². The van der Waals surface area contributed by atoms with Crippen LogP contribution in [0, 0.1) is 9.64 Å². The molecule has 0 atom stereocenters. The fraction of sp³-hybridized carbons (Fsp3) is 0.269. The van der Waals surface area contributed by atoms with Crippen LogP contribution in [0.2, 0.25) is 0 Å². The molecule has 3 heterocycles. The van der Waals surface area contributed by atoms with Gasteiger partial charge in [0.15, 0.2) is 0 Å². The van der Waals surface area contributed by atoms with Crippen LogP contribution in [0.1, 0.15) is 29.2 Å². The van der Waals surface area contributed by atoms with Crippen molar-refractivity contribution in [1.82, 2.24) is 9.88 Å². The molecular weight excluding hydrogens is 518 g/mol. The number of aromatic nitrogens is 1. The highest BCUT2D eigenvalue weighted by molar-refractivity contribution is 7.79. The van der Waals surface area contributed by atoms with Gasteiger partial charge in [0.25, 0.3) is 0 Å². The Bertz CT molecular complexity index is 1580. The predicted molar refractivity (Wildman–Crippen MR) is 145 cm³/mol. The van der Waals surface area contributed by atoms with Gasteiger partial charge in [-0.25, -0.2) is 9.18 Å². The van der Waals surface area contributed by atoms with E-state index in [1.54, 1.807) is 34.7 Å². The topological polar surface area (TPSA) is 63.6 Å². The number of carbonyl (C=O) groups excluding carboxylic acids is 1. The van der Waals surface area contributed by atoms with Crippen LogP contribution in [0.5, 0.6) is 5.75 Å². The number of hydrogen-bond acceptors (Lipinski definition) is 8. The fourth-order valence-corrected chi connectivity index (χ4v) is 6.96. The second kappa shape index (κ2) is 9.51. The number of anilines is 1. The lowest BCUT2D eigenvalue weighted by atomic mass is 10.1. The molecule has 2 aromatic heterocycles. The molecule has 0 radical (unpaired) electrons. The van der Waals surface area contributed by atoms with Gasteiger partial charge in [0.1, 0.15) is 21.0 Å². The Morgan fingerprint density at radius 1 is 1.14 bits per heavy atom. The van der Waals surface area contributed by atoms with Crippen LogP contribution in [0.25, 0.3) is 22.0 Å². The summed E-state index contributed by atoms with van der Waals surface area (Å²) < 4.78 is 23.5. The highest BCUT2D eigenvalue weighted by Gasteiger charge is 2.28. The molecule has 2 fully saturated rings. The maximum absolute atomic E-state index is 15.2. The van der Waals surface area contributed by atoms with Crippen molar-refractivity contribution in [2.45, 2.75) is 18.9 Å². The Morgan fingerprint density at radius 2 is 1.89 bits per heavy atom. The van der Waals surface area contributed by atoms with Gasteiger partial charge in [-0.1, -0.05) is 45.0 Å². The maximum atomic E-state index is 15.2. The molecule has 1 aliphatic heterocycles. The Kier molecular flexibility index (Phi) is 6.20. The van der Waals surface area contributed by atoms with Gasteiger partial charge >= 0.3 is 5.97 Å². The van der Waals surface area contributed by atoms with E-state index in [2.05, 4.69) is 5.32 Å². The quantitative estimate of drug-likeness (QED) is 0.154. The molecule has 0 amide bonds. The smallest absolute Gasteiger partial charge is 0.349 e. The number of ether oxygens (including phenoxy) is 1. The fourth-order valence-electron chi connectivity index (χ4n) is 4.57. The molecule has 1 saturated heterocycles. The monoisotopic (exact) mass is 539 g/mol. The Morgan fingerprint density at radius 3 is 2.56 bits per heavy atom. The largest absolute Gasteiger partial charge is 0.423 e. The van der Waals surface area contributed by atoms with E-state index in [0.29, 0.717) is 30.0 Å². The molecule has 10 heteroatoms. The molecule has 2 aliphatic rings. The molecule has 0 unspecified atom stereocenters. The summed E-state index contributed by atoms with van der Waals surface area (Å²) in [5.41, 5.74) is 2.43. The van der Waals surface area contributed by atoms with Crippen molar-refractivity contribution < 1.29 is 13.9 Å². The second-order valence-electron chi connectivity index (χ2n) is 8.98. The first-order valence-corrected chi connectivity index (χ1v) is 14.4. The second-order valence-corrected chi connectivity index (χ2v) is 11.7. The number of nitrogens with one attached hydrogen (secondary N) is 1. The highest BCUT2D eigenvalue weighted by atomic mass is 32.9. The van der Waals surface area contributed by atoms with E-state index in [9.17, 15) is 9.59 Å². The molecule has 0 spiro atoms. The third kappa shape index (κ3) is 4.39. The minimum atomic E-state index is -0.752. The number of rotatable bonds is 5. The first-order valence-electron chi connectivity index (χ1n) is 11.7. The van der Waals surface area contributed by atoms with Gasteiger partial charge in [0.05, 0.1) is 11.2 Å². The Labute approximate surface area is 219 Å². The van der Waals surface area contributed by atoms with Gasteiger partial charge < -0.3 is 19.5 Å². The number of carbonyl (C=O) groups is 1. The molecule has 6 nitrogen and oxygen atoms in total. The molecule has 1 N–H and O–H groups in total. The van der Waals surface area contributed by atoms with Gasteiger partial charge in [-0.3, -0.25) is 4.79 Å². The first kappa shape index (κ1) is 23.5. The lowest BCUT2D eigenvalue weighted by molar-refractivity contribution is 0.0733. The molecule has 4 aromatic rings. The SMILES string of the molecule is O=C(Oc1ccc(-c2cssc2=S)cc1)c1cn(C2CC2)c2cc(N3CCNCC3)c(F)cc2c1=O. The van der Waals surface area contributed by atoms with Gasteiger partial charge in [0, 0.05) is 54.7 Å². The number of halogens is 1. The average molecular weight is 540 g/mol. The molecule has 1 saturated carbocycles. The van der Waals surface area contributed by atoms with Crippen LogP contribution in [-0.2, 0) is 0 Å². The standard InChI is InChI=1S/C26H22FN3O3S3/c27-21-11-18-22(12-23(21)29-9-7-28-8-10-29)30(16-3-4-16)13-19(24(18)31)25(32)33-17-5-1-15(2-6-17)20-14-35-36-26(20)34/h1-2,5-6,11-14,16,28H,3-4,7-10H2. The zero-order valence-electron chi connectivity index (χ0n) is 19.2. The number of esters is 1. The minimum absolute atomic E-state index is 0.0970. The third-order valence-corrected chi connectivity index (χ3v) is 9.27. The summed E-state index contributed by atoms with van der Waals surface area (Å²) in [7, 11) is 3.11. The zero-order chi connectivity index (χ0) is 24.8. The van der Waals surface area contributed by atoms with Gasteiger partial charge in [-0.05, 0) is 42.7 Å². The van der Waals surface area contributed by atoms with Crippen molar-refractivity contribution in [3.8, 4) is 16.9 Å². The van der Waals surface area contributed by atoms with Gasteiger partial charge in [-0.2, -0.15) is 0 Å². The van der Waals surface area contributed by atoms with Crippen LogP contribution in [-0.4, -0.2) is 36.7 Å². The van der Waals surface area contributed by atoms with E-state index in [0.717, 1.165) is 40.9 Å². The molecule has 0 bridgehead atoms. The van der Waals surface area contributed by atoms with Crippen LogP contribution in [0.3, 0.4) is 0 Å². The number of hydrogen-bond donors (Lipinski definition) is 1. The summed E-state index contributed by atoms with van der Waals surface area (Å²) in [6.45, 7) is 2.95. The lowest BCUT2D eigenvalue weighted by Gasteiger charge is -2.30. The molecule has 2 aromatic carbocycles. The number of pyridine rings is 1. The summed E-state index contributed by atoms with van der Waals surface area (Å²) in [5, 5.41) is 5.46. The average Bonchev–Trinajstić information content (AvgIpc) is 3.65. The Hall–Kier alpha value is -2.92. The first-order chi connectivity index (χ1) is 17.5. The van der Waals surface area contributed by atoms with E-state index in [4.69, 9.17) is 17.0 Å². The molecular formula is C26H22FN3O3S3. The van der Waals surface area contributed by atoms with Gasteiger partial charge in [0.2, 0.25) is 5.43 Å². The third-order valence-electron chi connectivity index (χ3n) is 6.60. The van der Waals surface area contributed by atoms with E-state index in [1.165, 1.54) is 16.4 Å². The predicted octanol–water partition coefficient (Wildman–Crippen LogP) is 5.62. The van der Waals surface area contributed by atoms with Crippen LogP contribution < -0.4 is 20.4 Å². The summed E-state index contributed by atoms with van der Waals surface area (Å²) in [4.78, 5) is 28.4. The summed E-state index contributed by atoms with van der Waals surface area (Å²) in [6.07, 6.45) is 3.47. The van der Waals surface area contributed by atoms with Crippen LogP contribution in [0.4, 0.5) is 10.1 Å². The minimum Gasteiger partial charge on any atom is -0.423 e. The molecule has 1 aliphatic carbocycles. The highest BCUT2D eigenvalue weighted by Crippen LogP contribution is 2.38. The lowest BCUT2D eigenvalue weighted by Crippen LogP contribution is -2.43. The van der Waals surface area contributed by atoms with Crippen molar-refractivity contribution >= 4 is 55.5 Å². The molecule has 184 valence electrons. The van der Waals surface area contributed by atoms with E-state index in [-0.39, 0.29) is 17.0 Å². The Balaban J connectivity index is 1.35.